The van der Waals surface area contributed by atoms with E-state index in [1.54, 1.807) is 17.2 Å². The number of carbonyl (C=O) groups excluding carboxylic acids is 2. The summed E-state index contributed by atoms with van der Waals surface area (Å²) < 4.78 is 11.1. The molecule has 0 radical (unpaired) electrons. The van der Waals surface area contributed by atoms with Crippen molar-refractivity contribution in [1.82, 2.24) is 4.90 Å². The van der Waals surface area contributed by atoms with E-state index in [9.17, 15) is 9.59 Å². The van der Waals surface area contributed by atoms with Crippen LogP contribution in [0.1, 0.15) is 29.0 Å². The first-order chi connectivity index (χ1) is 12.7. The normalized spacial score (nSPS) is 19.1. The molecule has 3 heterocycles. The number of hydrogen-bond donors (Lipinski definition) is 1. The van der Waals surface area contributed by atoms with E-state index in [4.69, 9.17) is 9.15 Å². The summed E-state index contributed by atoms with van der Waals surface area (Å²) in [5.41, 5.74) is 1.25. The Morgan fingerprint density at radius 3 is 3.04 bits per heavy atom. The summed E-state index contributed by atoms with van der Waals surface area (Å²) in [4.78, 5) is 27.5. The molecule has 0 spiro atoms. The molecule has 1 N–H and O–H groups in total. The highest BCUT2D eigenvalue weighted by Crippen LogP contribution is 2.32. The standard InChI is InChI=1S/C19H20N2O4S/c22-18-12-26-17-6-5-13(9-16(17)20-18)19(23)21(10-14-3-1-7-24-14)11-15-4-2-8-25-15/h1,3,5-7,9,15H,2,4,8,10-12H2,(H,20,22)/t15-/m1/s1. The largest absolute Gasteiger partial charge is 0.467 e. The lowest BCUT2D eigenvalue weighted by Gasteiger charge is -2.25. The average Bonchev–Trinajstić information content (AvgIpc) is 3.34. The summed E-state index contributed by atoms with van der Waals surface area (Å²) in [5.74, 6) is 1.01. The van der Waals surface area contributed by atoms with Gasteiger partial charge in [0, 0.05) is 23.6 Å². The predicted octanol–water partition coefficient (Wildman–Crippen LogP) is 3.15. The van der Waals surface area contributed by atoms with Gasteiger partial charge in [0.2, 0.25) is 5.91 Å². The molecule has 0 bridgehead atoms. The molecule has 1 fully saturated rings. The molecule has 1 atom stereocenters. The maximum Gasteiger partial charge on any atom is 0.254 e. The Bertz CT molecular complexity index is 800. The van der Waals surface area contributed by atoms with E-state index < -0.39 is 0 Å². The third-order valence-corrected chi connectivity index (χ3v) is 5.59. The number of carbonyl (C=O) groups is 2. The van der Waals surface area contributed by atoms with Gasteiger partial charge in [-0.15, -0.1) is 11.8 Å². The molecule has 26 heavy (non-hydrogen) atoms. The summed E-state index contributed by atoms with van der Waals surface area (Å²) in [7, 11) is 0. The summed E-state index contributed by atoms with van der Waals surface area (Å²) in [6, 6.07) is 9.14. The number of ether oxygens (including phenoxy) is 1. The van der Waals surface area contributed by atoms with Crippen molar-refractivity contribution < 1.29 is 18.7 Å². The molecule has 1 saturated heterocycles. The monoisotopic (exact) mass is 372 g/mol. The summed E-state index contributed by atoms with van der Waals surface area (Å²) in [6.07, 6.45) is 3.64. The summed E-state index contributed by atoms with van der Waals surface area (Å²) in [5, 5.41) is 2.84. The molecule has 0 aliphatic carbocycles. The topological polar surface area (TPSA) is 71.8 Å². The summed E-state index contributed by atoms with van der Waals surface area (Å²) >= 11 is 1.48. The first kappa shape index (κ1) is 17.2. The highest BCUT2D eigenvalue weighted by Gasteiger charge is 2.25. The van der Waals surface area contributed by atoms with Gasteiger partial charge in [-0.05, 0) is 43.2 Å². The highest BCUT2D eigenvalue weighted by molar-refractivity contribution is 8.00. The van der Waals surface area contributed by atoms with Crippen LogP contribution in [-0.2, 0) is 16.1 Å². The second kappa shape index (κ2) is 7.55. The molecule has 1 aromatic heterocycles. The molecular weight excluding hydrogens is 352 g/mol. The number of thioether (sulfide) groups is 1. The van der Waals surface area contributed by atoms with Crippen molar-refractivity contribution in [3.8, 4) is 0 Å². The van der Waals surface area contributed by atoms with Crippen molar-refractivity contribution in [2.75, 3.05) is 24.2 Å². The quantitative estimate of drug-likeness (QED) is 0.873. The maximum atomic E-state index is 13.1. The number of amides is 2. The fraction of sp³-hybridized carbons (Fsp3) is 0.368. The average molecular weight is 372 g/mol. The van der Waals surface area contributed by atoms with Gasteiger partial charge in [-0.3, -0.25) is 9.59 Å². The molecule has 136 valence electrons. The number of fused-ring (bicyclic) bond motifs is 1. The van der Waals surface area contributed by atoms with Gasteiger partial charge in [-0.2, -0.15) is 0 Å². The molecule has 6 nitrogen and oxygen atoms in total. The fourth-order valence-corrected chi connectivity index (χ4v) is 4.03. The number of anilines is 1. The van der Waals surface area contributed by atoms with Crippen LogP contribution in [0.15, 0.2) is 45.9 Å². The van der Waals surface area contributed by atoms with Crippen LogP contribution in [0.2, 0.25) is 0 Å². The van der Waals surface area contributed by atoms with Crippen LogP contribution >= 0.6 is 11.8 Å². The SMILES string of the molecule is O=C1CSc2ccc(C(=O)N(Cc3ccco3)C[C@H]3CCCO3)cc2N1. The Balaban J connectivity index is 1.56. The molecule has 7 heteroatoms. The molecular formula is C19H20N2O4S. The van der Waals surface area contributed by atoms with Crippen LogP contribution in [0.25, 0.3) is 0 Å². The zero-order valence-electron chi connectivity index (χ0n) is 14.3. The fourth-order valence-electron chi connectivity index (χ4n) is 3.24. The van der Waals surface area contributed by atoms with Gasteiger partial charge in [0.25, 0.3) is 5.91 Å². The van der Waals surface area contributed by atoms with Gasteiger partial charge in [0.15, 0.2) is 0 Å². The second-order valence-corrected chi connectivity index (χ2v) is 7.47. The van der Waals surface area contributed by atoms with E-state index in [-0.39, 0.29) is 17.9 Å². The van der Waals surface area contributed by atoms with Crippen LogP contribution in [0.5, 0.6) is 0 Å². The number of furan rings is 1. The first-order valence-corrected chi connectivity index (χ1v) is 9.67. The lowest BCUT2D eigenvalue weighted by atomic mass is 10.1. The zero-order valence-corrected chi connectivity index (χ0v) is 15.1. The van der Waals surface area contributed by atoms with Gasteiger partial charge < -0.3 is 19.4 Å². The third kappa shape index (κ3) is 3.78. The number of nitrogens with one attached hydrogen (secondary N) is 1. The van der Waals surface area contributed by atoms with Crippen LogP contribution in [-0.4, -0.2) is 41.7 Å². The summed E-state index contributed by atoms with van der Waals surface area (Å²) in [6.45, 7) is 1.66. The van der Waals surface area contributed by atoms with Gasteiger partial charge in [-0.1, -0.05) is 0 Å². The smallest absolute Gasteiger partial charge is 0.254 e. The van der Waals surface area contributed by atoms with Crippen LogP contribution in [0.4, 0.5) is 5.69 Å². The third-order valence-electron chi connectivity index (χ3n) is 4.52. The zero-order chi connectivity index (χ0) is 17.9. The lowest BCUT2D eigenvalue weighted by molar-refractivity contribution is -0.113. The van der Waals surface area contributed by atoms with E-state index in [2.05, 4.69) is 5.32 Å². The molecule has 2 aliphatic heterocycles. The van der Waals surface area contributed by atoms with E-state index >= 15 is 0 Å². The molecule has 0 unspecified atom stereocenters. The number of benzene rings is 1. The molecule has 0 saturated carbocycles. The predicted molar refractivity (Wildman–Crippen MR) is 98.2 cm³/mol. The molecule has 2 aromatic rings. The van der Waals surface area contributed by atoms with Crippen molar-refractivity contribution >= 4 is 29.3 Å². The Kier molecular flexibility index (Phi) is 4.99. The van der Waals surface area contributed by atoms with Crippen molar-refractivity contribution in [2.45, 2.75) is 30.4 Å². The van der Waals surface area contributed by atoms with Crippen molar-refractivity contribution in [2.24, 2.45) is 0 Å². The van der Waals surface area contributed by atoms with Gasteiger partial charge in [0.05, 0.1) is 30.4 Å². The van der Waals surface area contributed by atoms with Crippen molar-refractivity contribution in [3.05, 3.63) is 47.9 Å². The van der Waals surface area contributed by atoms with E-state index in [1.807, 2.05) is 24.3 Å². The number of hydrogen-bond acceptors (Lipinski definition) is 5. The highest BCUT2D eigenvalue weighted by atomic mass is 32.2. The Hall–Kier alpha value is -2.25. The van der Waals surface area contributed by atoms with Crippen LogP contribution < -0.4 is 5.32 Å². The van der Waals surface area contributed by atoms with Gasteiger partial charge in [0.1, 0.15) is 5.76 Å². The number of nitrogens with zero attached hydrogens (tertiary/aromatic N) is 1. The molecule has 1 aromatic carbocycles. The van der Waals surface area contributed by atoms with E-state index in [0.29, 0.717) is 30.1 Å². The van der Waals surface area contributed by atoms with E-state index in [1.165, 1.54) is 11.8 Å². The van der Waals surface area contributed by atoms with E-state index in [0.717, 1.165) is 30.1 Å². The van der Waals surface area contributed by atoms with Crippen molar-refractivity contribution in [3.63, 3.8) is 0 Å². The second-order valence-electron chi connectivity index (χ2n) is 6.45. The van der Waals surface area contributed by atoms with Crippen molar-refractivity contribution in [1.29, 1.82) is 0 Å². The van der Waals surface area contributed by atoms with Crippen LogP contribution in [0, 0.1) is 0 Å². The first-order valence-electron chi connectivity index (χ1n) is 8.69. The molecule has 4 rings (SSSR count). The van der Waals surface area contributed by atoms with Gasteiger partial charge >= 0.3 is 0 Å². The minimum atomic E-state index is -0.0930. The van der Waals surface area contributed by atoms with Crippen LogP contribution in [0.3, 0.4) is 0 Å². The minimum Gasteiger partial charge on any atom is -0.467 e. The molecule has 2 aliphatic rings. The lowest BCUT2D eigenvalue weighted by Crippen LogP contribution is -2.37. The van der Waals surface area contributed by atoms with Gasteiger partial charge in [-0.25, -0.2) is 0 Å². The Morgan fingerprint density at radius 1 is 1.35 bits per heavy atom. The molecule has 2 amide bonds. The number of rotatable bonds is 5. The Morgan fingerprint density at radius 2 is 2.27 bits per heavy atom. The minimum absolute atomic E-state index is 0.0427. The maximum absolute atomic E-state index is 13.1. The Labute approximate surface area is 155 Å².